The Hall–Kier alpha value is -5.18. The summed E-state index contributed by atoms with van der Waals surface area (Å²) in [6.45, 7) is 4.73. The molecule has 0 saturated carbocycles. The van der Waals surface area contributed by atoms with Crippen LogP contribution in [0.1, 0.15) is 25.0 Å². The van der Waals surface area contributed by atoms with Gasteiger partial charge in [0.25, 0.3) is 0 Å². The molecule has 9 rings (SSSR count). The van der Waals surface area contributed by atoms with Crippen LogP contribution in [0, 0.1) is 0 Å². The van der Waals surface area contributed by atoms with E-state index in [1.165, 1.54) is 81.4 Å². The summed E-state index contributed by atoms with van der Waals surface area (Å²) in [4.78, 5) is 2.51. The summed E-state index contributed by atoms with van der Waals surface area (Å²) in [5, 5.41) is 5.09. The zero-order valence-corrected chi connectivity index (χ0v) is 26.1. The number of thiophene rings is 1. The van der Waals surface area contributed by atoms with Crippen LogP contribution >= 0.6 is 11.3 Å². The second-order valence-electron chi connectivity index (χ2n) is 12.6. The van der Waals surface area contributed by atoms with Crippen LogP contribution in [-0.4, -0.2) is 0 Å². The number of hydrogen-bond acceptors (Lipinski definition) is 2. The van der Waals surface area contributed by atoms with E-state index >= 15 is 0 Å². The molecule has 214 valence electrons. The third-order valence-corrected chi connectivity index (χ3v) is 10.8. The van der Waals surface area contributed by atoms with Crippen molar-refractivity contribution in [3.05, 3.63) is 163 Å². The molecule has 0 radical (unpaired) electrons. The van der Waals surface area contributed by atoms with E-state index in [-0.39, 0.29) is 5.41 Å². The van der Waals surface area contributed by atoms with E-state index in [0.29, 0.717) is 0 Å². The van der Waals surface area contributed by atoms with Gasteiger partial charge in [-0.25, -0.2) is 0 Å². The van der Waals surface area contributed by atoms with Gasteiger partial charge in [0.2, 0.25) is 0 Å². The fourth-order valence-corrected chi connectivity index (χ4v) is 8.56. The van der Waals surface area contributed by atoms with E-state index < -0.39 is 0 Å². The third-order valence-electron chi connectivity index (χ3n) is 9.65. The van der Waals surface area contributed by atoms with E-state index in [1.807, 2.05) is 11.3 Å². The van der Waals surface area contributed by atoms with Crippen molar-refractivity contribution in [3.8, 4) is 22.3 Å². The molecule has 1 aromatic heterocycles. The number of nitrogens with zero attached hydrogens (tertiary/aromatic N) is 1. The predicted molar refractivity (Wildman–Crippen MR) is 195 cm³/mol. The Morgan fingerprint density at radius 1 is 0.467 bits per heavy atom. The van der Waals surface area contributed by atoms with Crippen LogP contribution < -0.4 is 4.90 Å². The summed E-state index contributed by atoms with van der Waals surface area (Å²) in [6, 6.07) is 55.9. The molecule has 8 aromatic rings. The lowest BCUT2D eigenvalue weighted by Crippen LogP contribution is -2.17. The van der Waals surface area contributed by atoms with Gasteiger partial charge in [-0.3, -0.25) is 0 Å². The zero-order valence-electron chi connectivity index (χ0n) is 25.3. The molecule has 0 saturated heterocycles. The monoisotopic (exact) mass is 593 g/mol. The van der Waals surface area contributed by atoms with E-state index in [0.717, 1.165) is 0 Å². The summed E-state index contributed by atoms with van der Waals surface area (Å²) in [6.07, 6.45) is 0. The lowest BCUT2D eigenvalue weighted by molar-refractivity contribution is 0.660. The molecule has 0 bridgehead atoms. The molecular weight excluding hydrogens is 563 g/mol. The lowest BCUT2D eigenvalue weighted by atomic mass is 9.82. The number of anilines is 3. The molecule has 1 aliphatic rings. The van der Waals surface area contributed by atoms with E-state index in [2.05, 4.69) is 170 Å². The van der Waals surface area contributed by atoms with Crippen molar-refractivity contribution < 1.29 is 0 Å². The van der Waals surface area contributed by atoms with E-state index in [9.17, 15) is 0 Å². The third kappa shape index (κ3) is 3.99. The van der Waals surface area contributed by atoms with Crippen molar-refractivity contribution in [2.75, 3.05) is 4.90 Å². The summed E-state index contributed by atoms with van der Waals surface area (Å²) < 4.78 is 2.61. The minimum absolute atomic E-state index is 0.0932. The first-order valence-electron chi connectivity index (χ1n) is 15.6. The van der Waals surface area contributed by atoms with Gasteiger partial charge in [-0.1, -0.05) is 129 Å². The van der Waals surface area contributed by atoms with Gasteiger partial charge in [0.15, 0.2) is 0 Å². The Bertz CT molecular complexity index is 2410. The van der Waals surface area contributed by atoms with Crippen LogP contribution in [0.5, 0.6) is 0 Å². The lowest BCUT2D eigenvalue weighted by Gasteiger charge is -2.31. The molecule has 0 atom stereocenters. The van der Waals surface area contributed by atoms with Crippen LogP contribution in [-0.2, 0) is 5.41 Å². The SMILES string of the molecule is CC1(C)c2ccccc2-c2ccc(N(c3cc4sc5ccccc5c4cc3-c3ccccc3)c3cccc4ccccc34)cc21. The van der Waals surface area contributed by atoms with Gasteiger partial charge in [-0.05, 0) is 69.6 Å². The topological polar surface area (TPSA) is 3.24 Å². The Kier molecular flexibility index (Phi) is 5.78. The molecule has 1 heterocycles. The molecule has 0 amide bonds. The minimum atomic E-state index is -0.0932. The highest BCUT2D eigenvalue weighted by atomic mass is 32.1. The summed E-state index contributed by atoms with van der Waals surface area (Å²) in [5.41, 5.74) is 11.3. The molecule has 0 N–H and O–H groups in total. The summed E-state index contributed by atoms with van der Waals surface area (Å²) >= 11 is 1.88. The molecule has 1 aliphatic carbocycles. The first-order valence-corrected chi connectivity index (χ1v) is 16.4. The molecular formula is C43H31NS. The molecule has 0 unspecified atom stereocenters. The van der Waals surface area contributed by atoms with Gasteiger partial charge in [0.05, 0.1) is 11.4 Å². The number of benzene rings is 7. The Morgan fingerprint density at radius 3 is 2.07 bits per heavy atom. The van der Waals surface area contributed by atoms with Crippen LogP contribution in [0.15, 0.2) is 152 Å². The maximum Gasteiger partial charge on any atom is 0.0554 e. The van der Waals surface area contributed by atoms with Crippen molar-refractivity contribution >= 4 is 59.3 Å². The molecule has 1 nitrogen and oxygen atoms in total. The van der Waals surface area contributed by atoms with E-state index in [4.69, 9.17) is 0 Å². The smallest absolute Gasteiger partial charge is 0.0554 e. The van der Waals surface area contributed by atoms with E-state index in [1.54, 1.807) is 0 Å². The van der Waals surface area contributed by atoms with Gasteiger partial charge in [-0.15, -0.1) is 11.3 Å². The van der Waals surface area contributed by atoms with Crippen molar-refractivity contribution in [1.29, 1.82) is 0 Å². The minimum Gasteiger partial charge on any atom is -0.309 e. The molecule has 7 aromatic carbocycles. The number of rotatable bonds is 4. The largest absolute Gasteiger partial charge is 0.309 e. The molecule has 0 aliphatic heterocycles. The predicted octanol–water partition coefficient (Wildman–Crippen LogP) is 12.7. The molecule has 2 heteroatoms. The second-order valence-corrected chi connectivity index (χ2v) is 13.6. The first-order chi connectivity index (χ1) is 22.1. The van der Waals surface area contributed by atoms with Crippen LogP contribution in [0.2, 0.25) is 0 Å². The normalized spacial score (nSPS) is 13.3. The highest BCUT2D eigenvalue weighted by molar-refractivity contribution is 7.25. The van der Waals surface area contributed by atoms with Crippen molar-refractivity contribution in [3.63, 3.8) is 0 Å². The molecule has 0 spiro atoms. The molecule has 45 heavy (non-hydrogen) atoms. The summed E-state index contributed by atoms with van der Waals surface area (Å²) in [5.74, 6) is 0. The first kappa shape index (κ1) is 26.2. The highest BCUT2D eigenvalue weighted by Gasteiger charge is 2.36. The highest BCUT2D eigenvalue weighted by Crippen LogP contribution is 2.52. The van der Waals surface area contributed by atoms with Gasteiger partial charge < -0.3 is 4.90 Å². The standard InChI is InChI=1S/C43H31NS/c1-43(2)37-20-10-8-18-32(37)33-24-23-30(25-38(33)43)44(39-21-12-16-28-15-6-7-17-31(28)39)40-27-42-36(34-19-9-11-22-41(34)45-42)26-35(40)29-13-4-3-5-14-29/h3-27H,1-2H3. The maximum absolute atomic E-state index is 2.51. The van der Waals surface area contributed by atoms with Crippen LogP contribution in [0.3, 0.4) is 0 Å². The molecule has 0 fully saturated rings. The zero-order chi connectivity index (χ0) is 30.1. The second kappa shape index (κ2) is 9.92. The van der Waals surface area contributed by atoms with Gasteiger partial charge in [0, 0.05) is 42.2 Å². The Morgan fingerprint density at radius 2 is 1.18 bits per heavy atom. The quantitative estimate of drug-likeness (QED) is 0.196. The van der Waals surface area contributed by atoms with Crippen LogP contribution in [0.25, 0.3) is 53.2 Å². The van der Waals surface area contributed by atoms with Crippen molar-refractivity contribution in [2.24, 2.45) is 0 Å². The maximum atomic E-state index is 2.51. The fraction of sp³-hybridized carbons (Fsp3) is 0.0698. The Labute approximate surface area is 267 Å². The van der Waals surface area contributed by atoms with Crippen LogP contribution in [0.4, 0.5) is 17.1 Å². The summed E-state index contributed by atoms with van der Waals surface area (Å²) in [7, 11) is 0. The fourth-order valence-electron chi connectivity index (χ4n) is 7.44. The van der Waals surface area contributed by atoms with Gasteiger partial charge in [-0.2, -0.15) is 0 Å². The van der Waals surface area contributed by atoms with Gasteiger partial charge >= 0.3 is 0 Å². The van der Waals surface area contributed by atoms with Crippen molar-refractivity contribution in [2.45, 2.75) is 19.3 Å². The van der Waals surface area contributed by atoms with Crippen molar-refractivity contribution in [1.82, 2.24) is 0 Å². The number of fused-ring (bicyclic) bond motifs is 7. The average Bonchev–Trinajstić information content (AvgIpc) is 3.56. The average molecular weight is 594 g/mol. The Balaban J connectivity index is 1.38. The van der Waals surface area contributed by atoms with Gasteiger partial charge in [0.1, 0.15) is 0 Å². The number of hydrogen-bond donors (Lipinski definition) is 0.